The quantitative estimate of drug-likeness (QED) is 0.742. The summed E-state index contributed by atoms with van der Waals surface area (Å²) in [4.78, 5) is 12.5. The molecule has 9 heteroatoms. The Bertz CT molecular complexity index is 866. The molecular formula is C14H15BrN6O2. The molecule has 2 aromatic heterocycles. The summed E-state index contributed by atoms with van der Waals surface area (Å²) in [6.45, 7) is 1.85. The van der Waals surface area contributed by atoms with Gasteiger partial charge in [-0.1, -0.05) is 0 Å². The fourth-order valence-electron chi connectivity index (χ4n) is 2.22. The van der Waals surface area contributed by atoms with E-state index in [4.69, 9.17) is 15.2 Å². The highest BCUT2D eigenvalue weighted by Crippen LogP contribution is 2.42. The lowest BCUT2D eigenvalue weighted by molar-refractivity contribution is 0.209. The molecule has 8 nitrogen and oxygen atoms in total. The molecule has 0 aliphatic heterocycles. The minimum atomic E-state index is -0.394. The standard InChI is InChI=1S/C14H15BrN6O2/c1-7(14-19-6-21(2)20-14)23-12-9(22-3)4-8(15)11-10(12)13(16)18-5-17-11/h4-7H,1-3H3,(H2,16,17,18). The van der Waals surface area contributed by atoms with E-state index >= 15 is 0 Å². The molecule has 23 heavy (non-hydrogen) atoms. The summed E-state index contributed by atoms with van der Waals surface area (Å²) >= 11 is 3.46. The van der Waals surface area contributed by atoms with Crippen LogP contribution in [0, 0.1) is 0 Å². The summed E-state index contributed by atoms with van der Waals surface area (Å²) in [6.07, 6.45) is 2.63. The Hall–Kier alpha value is -2.42. The summed E-state index contributed by atoms with van der Waals surface area (Å²) < 4.78 is 13.8. The Balaban J connectivity index is 2.13. The smallest absolute Gasteiger partial charge is 0.191 e. The predicted molar refractivity (Wildman–Crippen MR) is 88.2 cm³/mol. The van der Waals surface area contributed by atoms with Crippen molar-refractivity contribution < 1.29 is 9.47 Å². The molecule has 0 spiro atoms. The molecule has 0 saturated carbocycles. The Labute approximate surface area is 140 Å². The van der Waals surface area contributed by atoms with Crippen LogP contribution in [0.25, 0.3) is 10.9 Å². The van der Waals surface area contributed by atoms with Crippen LogP contribution in [-0.4, -0.2) is 31.8 Å². The minimum absolute atomic E-state index is 0.311. The van der Waals surface area contributed by atoms with Crippen LogP contribution in [0.1, 0.15) is 18.9 Å². The molecule has 0 aliphatic carbocycles. The number of ether oxygens (including phenoxy) is 2. The number of benzene rings is 1. The normalized spacial score (nSPS) is 12.3. The van der Waals surface area contributed by atoms with Gasteiger partial charge in [-0.15, -0.1) is 0 Å². The van der Waals surface area contributed by atoms with Crippen molar-refractivity contribution in [2.75, 3.05) is 12.8 Å². The maximum absolute atomic E-state index is 6.04. The number of halogens is 1. The van der Waals surface area contributed by atoms with Crippen LogP contribution >= 0.6 is 15.9 Å². The van der Waals surface area contributed by atoms with Crippen LogP contribution in [0.2, 0.25) is 0 Å². The van der Waals surface area contributed by atoms with Crippen molar-refractivity contribution in [3.8, 4) is 11.5 Å². The summed E-state index contributed by atoms with van der Waals surface area (Å²) in [5.74, 6) is 1.85. The van der Waals surface area contributed by atoms with Crippen molar-refractivity contribution in [1.82, 2.24) is 24.7 Å². The first-order valence-corrected chi connectivity index (χ1v) is 7.59. The lowest BCUT2D eigenvalue weighted by Gasteiger charge is -2.18. The number of fused-ring (bicyclic) bond motifs is 1. The number of methoxy groups -OCH3 is 1. The first-order chi connectivity index (χ1) is 11.0. The van der Waals surface area contributed by atoms with Gasteiger partial charge >= 0.3 is 0 Å². The van der Waals surface area contributed by atoms with Gasteiger partial charge in [-0.3, -0.25) is 4.68 Å². The Morgan fingerprint density at radius 2 is 2.09 bits per heavy atom. The number of nitrogens with zero attached hydrogens (tertiary/aromatic N) is 5. The topological polar surface area (TPSA) is 101 Å². The number of nitrogens with two attached hydrogens (primary N) is 1. The van der Waals surface area contributed by atoms with Crippen molar-refractivity contribution in [3.63, 3.8) is 0 Å². The van der Waals surface area contributed by atoms with Gasteiger partial charge in [0.1, 0.15) is 18.5 Å². The van der Waals surface area contributed by atoms with Gasteiger partial charge in [0.05, 0.1) is 18.0 Å². The van der Waals surface area contributed by atoms with E-state index in [2.05, 4.69) is 36.0 Å². The third-order valence-corrected chi connectivity index (χ3v) is 3.91. The van der Waals surface area contributed by atoms with Crippen LogP contribution in [0.5, 0.6) is 11.5 Å². The number of hydrogen-bond donors (Lipinski definition) is 1. The van der Waals surface area contributed by atoms with Crippen molar-refractivity contribution in [2.45, 2.75) is 13.0 Å². The molecule has 120 valence electrons. The van der Waals surface area contributed by atoms with E-state index in [1.807, 2.05) is 6.92 Å². The van der Waals surface area contributed by atoms with Crippen molar-refractivity contribution >= 4 is 32.7 Å². The van der Waals surface area contributed by atoms with Crippen LogP contribution in [0.3, 0.4) is 0 Å². The fourth-order valence-corrected chi connectivity index (χ4v) is 2.73. The molecule has 3 rings (SSSR count). The summed E-state index contributed by atoms with van der Waals surface area (Å²) in [6, 6.07) is 1.78. The number of nitrogen functional groups attached to an aromatic ring is 1. The molecule has 0 radical (unpaired) electrons. The number of anilines is 1. The molecule has 1 unspecified atom stereocenters. The predicted octanol–water partition coefficient (Wildman–Crippen LogP) is 2.25. The second-order valence-corrected chi connectivity index (χ2v) is 5.76. The number of aryl methyl sites for hydroxylation is 1. The second kappa shape index (κ2) is 5.99. The molecule has 2 heterocycles. The van der Waals surface area contributed by atoms with Gasteiger partial charge in [0.15, 0.2) is 23.4 Å². The maximum atomic E-state index is 6.04. The molecular weight excluding hydrogens is 364 g/mol. The van der Waals surface area contributed by atoms with Crippen LogP contribution in [-0.2, 0) is 7.05 Å². The first-order valence-electron chi connectivity index (χ1n) is 6.80. The van der Waals surface area contributed by atoms with Crippen molar-refractivity contribution in [3.05, 3.63) is 29.0 Å². The zero-order valence-corrected chi connectivity index (χ0v) is 14.4. The number of hydrogen-bond acceptors (Lipinski definition) is 7. The maximum Gasteiger partial charge on any atom is 0.191 e. The zero-order valence-electron chi connectivity index (χ0n) is 12.8. The Morgan fingerprint density at radius 3 is 2.74 bits per heavy atom. The molecule has 0 saturated heterocycles. The van der Waals surface area contributed by atoms with Crippen LogP contribution in [0.15, 0.2) is 23.2 Å². The Kier molecular flexibility index (Phi) is 4.03. The van der Waals surface area contributed by atoms with E-state index in [0.29, 0.717) is 34.0 Å². The number of aromatic nitrogens is 5. The van der Waals surface area contributed by atoms with Crippen LogP contribution in [0.4, 0.5) is 5.82 Å². The molecule has 1 aromatic carbocycles. The lowest BCUT2D eigenvalue weighted by atomic mass is 10.2. The second-order valence-electron chi connectivity index (χ2n) is 4.91. The van der Waals surface area contributed by atoms with E-state index < -0.39 is 6.10 Å². The molecule has 0 amide bonds. The first kappa shape index (κ1) is 15.5. The Morgan fingerprint density at radius 1 is 1.30 bits per heavy atom. The highest BCUT2D eigenvalue weighted by Gasteiger charge is 2.21. The van der Waals surface area contributed by atoms with Gasteiger partial charge in [0.2, 0.25) is 0 Å². The number of rotatable bonds is 4. The molecule has 0 fully saturated rings. The summed E-state index contributed by atoms with van der Waals surface area (Å²) in [5, 5.41) is 4.84. The fraction of sp³-hybridized carbons (Fsp3) is 0.286. The van der Waals surface area contributed by atoms with Gasteiger partial charge in [0, 0.05) is 17.6 Å². The third-order valence-electron chi connectivity index (χ3n) is 3.31. The molecule has 0 bridgehead atoms. The lowest BCUT2D eigenvalue weighted by Crippen LogP contribution is -2.08. The SMILES string of the molecule is COc1cc(Br)c2ncnc(N)c2c1OC(C)c1ncn(C)n1. The third kappa shape index (κ3) is 2.79. The van der Waals surface area contributed by atoms with Gasteiger partial charge in [-0.25, -0.2) is 15.0 Å². The monoisotopic (exact) mass is 378 g/mol. The van der Waals surface area contributed by atoms with Gasteiger partial charge in [-0.2, -0.15) is 5.10 Å². The highest BCUT2D eigenvalue weighted by atomic mass is 79.9. The average Bonchev–Trinajstić information content (AvgIpc) is 2.96. The molecule has 3 aromatic rings. The van der Waals surface area contributed by atoms with Gasteiger partial charge in [-0.05, 0) is 22.9 Å². The van der Waals surface area contributed by atoms with E-state index in [1.165, 1.54) is 6.33 Å². The van der Waals surface area contributed by atoms with Crippen LogP contribution < -0.4 is 15.2 Å². The zero-order chi connectivity index (χ0) is 16.6. The van der Waals surface area contributed by atoms with E-state index in [1.54, 1.807) is 31.2 Å². The summed E-state index contributed by atoms with van der Waals surface area (Å²) in [7, 11) is 3.36. The van der Waals surface area contributed by atoms with Crippen molar-refractivity contribution in [2.24, 2.45) is 7.05 Å². The minimum Gasteiger partial charge on any atom is -0.493 e. The largest absolute Gasteiger partial charge is 0.493 e. The van der Waals surface area contributed by atoms with E-state index in [-0.39, 0.29) is 0 Å². The van der Waals surface area contributed by atoms with E-state index in [0.717, 1.165) is 4.47 Å². The highest BCUT2D eigenvalue weighted by molar-refractivity contribution is 9.10. The summed E-state index contributed by atoms with van der Waals surface area (Å²) in [5.41, 5.74) is 6.67. The molecule has 0 aliphatic rings. The molecule has 2 N–H and O–H groups in total. The van der Waals surface area contributed by atoms with Gasteiger partial charge < -0.3 is 15.2 Å². The van der Waals surface area contributed by atoms with Gasteiger partial charge in [0.25, 0.3) is 0 Å². The van der Waals surface area contributed by atoms with E-state index in [9.17, 15) is 0 Å². The van der Waals surface area contributed by atoms with Crippen molar-refractivity contribution in [1.29, 1.82) is 0 Å². The average molecular weight is 379 g/mol. The molecule has 1 atom stereocenters.